The molecule has 0 saturated heterocycles. The van der Waals surface area contributed by atoms with E-state index in [1.807, 2.05) is 19.1 Å². The number of methoxy groups -OCH3 is 1. The number of nitro benzene ring substituents is 1. The Balaban J connectivity index is 1.77. The first-order valence-electron chi connectivity index (χ1n) is 11.6. The summed E-state index contributed by atoms with van der Waals surface area (Å²) in [4.78, 5) is 38.5. The van der Waals surface area contributed by atoms with Gasteiger partial charge in [-0.1, -0.05) is 43.5 Å². The van der Waals surface area contributed by atoms with Crippen molar-refractivity contribution < 1.29 is 24.0 Å². The molecule has 1 atom stereocenters. The number of nitro groups is 1. The molecule has 1 saturated carbocycles. The van der Waals surface area contributed by atoms with Gasteiger partial charge in [0.05, 0.1) is 12.0 Å². The van der Waals surface area contributed by atoms with Crippen LogP contribution < -0.4 is 14.8 Å². The number of nitrogens with zero attached hydrogens (tertiary/aromatic N) is 2. The molecule has 9 nitrogen and oxygen atoms in total. The average molecular weight is 504 g/mol. The molecule has 2 amide bonds. The van der Waals surface area contributed by atoms with Crippen LogP contribution in [0.2, 0.25) is 5.02 Å². The van der Waals surface area contributed by atoms with E-state index < -0.39 is 11.0 Å². The van der Waals surface area contributed by atoms with E-state index in [1.54, 1.807) is 12.1 Å². The number of hydrogen-bond donors (Lipinski definition) is 1. The normalized spacial score (nSPS) is 14.3. The van der Waals surface area contributed by atoms with Gasteiger partial charge in [-0.15, -0.1) is 0 Å². The first-order chi connectivity index (χ1) is 16.8. The van der Waals surface area contributed by atoms with Crippen LogP contribution in [0.5, 0.6) is 11.5 Å². The third-order valence-electron chi connectivity index (χ3n) is 6.06. The minimum Gasteiger partial charge on any atom is -0.490 e. The van der Waals surface area contributed by atoms with E-state index in [9.17, 15) is 19.7 Å². The van der Waals surface area contributed by atoms with Gasteiger partial charge in [-0.05, 0) is 43.0 Å². The highest BCUT2D eigenvalue weighted by atomic mass is 35.5. The lowest BCUT2D eigenvalue weighted by Gasteiger charge is -2.31. The molecule has 1 unspecified atom stereocenters. The maximum atomic E-state index is 13.3. The molecule has 1 N–H and O–H groups in total. The minimum atomic E-state index is -0.672. The number of rotatable bonds is 11. The number of hydrogen-bond acceptors (Lipinski definition) is 6. The van der Waals surface area contributed by atoms with E-state index in [1.165, 1.54) is 30.2 Å². The molecule has 10 heteroatoms. The number of amides is 2. The molecule has 188 valence electrons. The van der Waals surface area contributed by atoms with Crippen LogP contribution in [0.4, 0.5) is 5.69 Å². The maximum Gasteiger partial charge on any atom is 0.311 e. The van der Waals surface area contributed by atoms with Crippen molar-refractivity contribution in [2.45, 2.75) is 57.7 Å². The van der Waals surface area contributed by atoms with Crippen LogP contribution in [-0.2, 0) is 16.1 Å². The van der Waals surface area contributed by atoms with Crippen molar-refractivity contribution in [2.75, 3.05) is 13.7 Å². The molecule has 2 aromatic rings. The van der Waals surface area contributed by atoms with Crippen molar-refractivity contribution in [3.05, 3.63) is 63.2 Å². The minimum absolute atomic E-state index is 0.0281. The monoisotopic (exact) mass is 503 g/mol. The second-order valence-electron chi connectivity index (χ2n) is 8.44. The van der Waals surface area contributed by atoms with Crippen LogP contribution in [-0.4, -0.2) is 47.4 Å². The predicted octanol–water partition coefficient (Wildman–Crippen LogP) is 4.50. The zero-order valence-corrected chi connectivity index (χ0v) is 20.6. The van der Waals surface area contributed by atoms with E-state index in [-0.39, 0.29) is 48.2 Å². The lowest BCUT2D eigenvalue weighted by Crippen LogP contribution is -2.52. The van der Waals surface area contributed by atoms with Crippen molar-refractivity contribution in [2.24, 2.45) is 0 Å². The van der Waals surface area contributed by atoms with Gasteiger partial charge in [0.25, 0.3) is 5.91 Å². The Morgan fingerprint density at radius 3 is 2.49 bits per heavy atom. The number of halogens is 1. The number of benzene rings is 2. The van der Waals surface area contributed by atoms with E-state index >= 15 is 0 Å². The Morgan fingerprint density at radius 1 is 1.20 bits per heavy atom. The quantitative estimate of drug-likeness (QED) is 0.357. The zero-order chi connectivity index (χ0) is 25.4. The fraction of sp³-hybridized carbons (Fsp3) is 0.440. The SMILES string of the molecule is CCC(C(=O)NC1CCCC1)N(Cc1ccc(Cl)cc1)C(=O)COc1ccc([N+](=O)[O-])c(OC)c1. The Labute approximate surface area is 209 Å². The van der Waals surface area contributed by atoms with Crippen LogP contribution in [0, 0.1) is 10.1 Å². The summed E-state index contributed by atoms with van der Waals surface area (Å²) in [6.07, 6.45) is 4.49. The molecule has 1 aliphatic rings. The summed E-state index contributed by atoms with van der Waals surface area (Å²) >= 11 is 6.00. The van der Waals surface area contributed by atoms with E-state index in [2.05, 4.69) is 5.32 Å². The van der Waals surface area contributed by atoms with E-state index in [0.717, 1.165) is 31.2 Å². The molecular formula is C25H30ClN3O6. The highest BCUT2D eigenvalue weighted by Gasteiger charge is 2.31. The lowest BCUT2D eigenvalue weighted by atomic mass is 10.1. The van der Waals surface area contributed by atoms with Gasteiger partial charge in [-0.2, -0.15) is 0 Å². The Morgan fingerprint density at radius 2 is 1.89 bits per heavy atom. The molecular weight excluding hydrogens is 474 g/mol. The molecule has 1 fully saturated rings. The van der Waals surface area contributed by atoms with Crippen LogP contribution >= 0.6 is 11.6 Å². The van der Waals surface area contributed by atoms with Crippen molar-refractivity contribution in [1.29, 1.82) is 0 Å². The largest absolute Gasteiger partial charge is 0.490 e. The van der Waals surface area contributed by atoms with Gasteiger partial charge in [0.15, 0.2) is 6.61 Å². The van der Waals surface area contributed by atoms with Crippen LogP contribution in [0.25, 0.3) is 0 Å². The standard InChI is InChI=1S/C25H30ClN3O6/c1-3-21(25(31)27-19-6-4-5-7-19)28(15-17-8-10-18(26)11-9-17)24(30)16-35-20-12-13-22(29(32)33)23(14-20)34-2/h8-14,19,21H,3-7,15-16H2,1-2H3,(H,27,31). The molecule has 0 heterocycles. The number of nitrogens with one attached hydrogen (secondary N) is 1. The average Bonchev–Trinajstić information content (AvgIpc) is 3.36. The van der Waals surface area contributed by atoms with Gasteiger partial charge < -0.3 is 19.7 Å². The molecule has 0 bridgehead atoms. The predicted molar refractivity (Wildman–Crippen MR) is 132 cm³/mol. The number of carbonyl (C=O) groups is 2. The Kier molecular flexibility index (Phi) is 9.31. The van der Waals surface area contributed by atoms with Gasteiger partial charge >= 0.3 is 5.69 Å². The molecule has 3 rings (SSSR count). The Hall–Kier alpha value is -3.33. The topological polar surface area (TPSA) is 111 Å². The summed E-state index contributed by atoms with van der Waals surface area (Å²) in [5.41, 5.74) is 0.622. The summed E-state index contributed by atoms with van der Waals surface area (Å²) in [5, 5.41) is 14.8. The fourth-order valence-corrected chi connectivity index (χ4v) is 4.33. The summed E-state index contributed by atoms with van der Waals surface area (Å²) in [5.74, 6) is -0.291. The third-order valence-corrected chi connectivity index (χ3v) is 6.32. The van der Waals surface area contributed by atoms with Gasteiger partial charge in [-0.25, -0.2) is 0 Å². The van der Waals surface area contributed by atoms with Crippen molar-refractivity contribution in [1.82, 2.24) is 10.2 Å². The van der Waals surface area contributed by atoms with Crippen LogP contribution in [0.3, 0.4) is 0 Å². The van der Waals surface area contributed by atoms with Gasteiger partial charge in [-0.3, -0.25) is 19.7 Å². The van der Waals surface area contributed by atoms with Crippen molar-refractivity contribution >= 4 is 29.1 Å². The van der Waals surface area contributed by atoms with Gasteiger partial charge in [0.1, 0.15) is 11.8 Å². The second kappa shape index (κ2) is 12.4. The molecule has 0 radical (unpaired) electrons. The molecule has 0 aromatic heterocycles. The van der Waals surface area contributed by atoms with Crippen molar-refractivity contribution in [3.8, 4) is 11.5 Å². The van der Waals surface area contributed by atoms with Crippen LogP contribution in [0.15, 0.2) is 42.5 Å². The van der Waals surface area contributed by atoms with E-state index in [0.29, 0.717) is 11.4 Å². The first-order valence-corrected chi connectivity index (χ1v) is 12.0. The van der Waals surface area contributed by atoms with E-state index in [4.69, 9.17) is 21.1 Å². The molecule has 0 aliphatic heterocycles. The Bertz CT molecular complexity index is 1040. The molecule has 0 spiro atoms. The third kappa shape index (κ3) is 7.08. The molecule has 1 aliphatic carbocycles. The smallest absolute Gasteiger partial charge is 0.311 e. The summed E-state index contributed by atoms with van der Waals surface area (Å²) in [6, 6.07) is 10.6. The number of ether oxygens (including phenoxy) is 2. The summed E-state index contributed by atoms with van der Waals surface area (Å²) in [7, 11) is 1.32. The summed E-state index contributed by atoms with van der Waals surface area (Å²) < 4.78 is 10.7. The molecule has 2 aromatic carbocycles. The maximum absolute atomic E-state index is 13.3. The highest BCUT2D eigenvalue weighted by Crippen LogP contribution is 2.31. The van der Waals surface area contributed by atoms with Gasteiger partial charge in [0.2, 0.25) is 11.7 Å². The summed E-state index contributed by atoms with van der Waals surface area (Å²) in [6.45, 7) is 1.73. The first kappa shape index (κ1) is 26.3. The second-order valence-corrected chi connectivity index (χ2v) is 8.88. The zero-order valence-electron chi connectivity index (χ0n) is 19.9. The highest BCUT2D eigenvalue weighted by molar-refractivity contribution is 6.30. The van der Waals surface area contributed by atoms with Crippen LogP contribution in [0.1, 0.15) is 44.6 Å². The van der Waals surface area contributed by atoms with Crippen molar-refractivity contribution in [3.63, 3.8) is 0 Å². The van der Waals surface area contributed by atoms with Gasteiger partial charge in [0, 0.05) is 29.7 Å². The molecule has 35 heavy (non-hydrogen) atoms. The lowest BCUT2D eigenvalue weighted by molar-refractivity contribution is -0.385. The number of carbonyl (C=O) groups excluding carboxylic acids is 2. The fourth-order valence-electron chi connectivity index (χ4n) is 4.20.